The lowest BCUT2D eigenvalue weighted by atomic mass is 10.3. The zero-order valence-corrected chi connectivity index (χ0v) is 9.46. The summed E-state index contributed by atoms with van der Waals surface area (Å²) in [5.74, 6) is 2.67. The molecule has 0 atom stereocenters. The topological polar surface area (TPSA) is 45.8 Å². The van der Waals surface area contributed by atoms with Gasteiger partial charge in [-0.2, -0.15) is 4.99 Å². The van der Waals surface area contributed by atoms with E-state index in [9.17, 15) is 0 Å². The van der Waals surface area contributed by atoms with E-state index in [-0.39, 0.29) is 0 Å². The molecule has 0 bridgehead atoms. The molecule has 17 heavy (non-hydrogen) atoms. The lowest BCUT2D eigenvalue weighted by Gasteiger charge is -2.24. The molecule has 0 aliphatic carbocycles. The van der Waals surface area contributed by atoms with Gasteiger partial charge in [-0.3, -0.25) is 9.89 Å². The number of hydrogen-bond donors (Lipinski definition) is 0. The maximum Gasteiger partial charge on any atom is 0.239 e. The molecule has 5 heteroatoms. The number of nitrogens with zero attached hydrogens (tertiary/aromatic N) is 5. The SMILES string of the molecule is CC1=Nc2nc3ccccc3n2C2=NCCN12. The van der Waals surface area contributed by atoms with E-state index in [1.165, 1.54) is 0 Å². The van der Waals surface area contributed by atoms with Crippen LogP contribution >= 0.6 is 0 Å². The van der Waals surface area contributed by atoms with Crippen molar-refractivity contribution in [2.45, 2.75) is 6.92 Å². The second-order valence-electron chi connectivity index (χ2n) is 4.23. The highest BCUT2D eigenvalue weighted by atomic mass is 15.4. The predicted octanol–water partition coefficient (Wildman–Crippen LogP) is 1.62. The Morgan fingerprint density at radius 3 is 3.06 bits per heavy atom. The van der Waals surface area contributed by atoms with Crippen molar-refractivity contribution in [3.05, 3.63) is 24.3 Å². The van der Waals surface area contributed by atoms with Crippen molar-refractivity contribution < 1.29 is 0 Å². The second kappa shape index (κ2) is 2.94. The minimum absolute atomic E-state index is 0.737. The van der Waals surface area contributed by atoms with Crippen LogP contribution in [0.5, 0.6) is 0 Å². The molecule has 0 saturated carbocycles. The summed E-state index contributed by atoms with van der Waals surface area (Å²) in [6, 6.07) is 8.07. The number of hydrogen-bond acceptors (Lipinski definition) is 4. The average molecular weight is 225 g/mol. The molecule has 0 saturated heterocycles. The third kappa shape index (κ3) is 1.06. The van der Waals surface area contributed by atoms with Crippen LogP contribution in [0.3, 0.4) is 0 Å². The van der Waals surface area contributed by atoms with Crippen LogP contribution in [0.2, 0.25) is 0 Å². The van der Waals surface area contributed by atoms with Gasteiger partial charge >= 0.3 is 0 Å². The maximum absolute atomic E-state index is 4.56. The maximum atomic E-state index is 4.56. The standard InChI is InChI=1S/C12H11N5/c1-8-14-11-15-9-4-2-3-5-10(9)17(11)12-13-6-7-16(8)12/h2-5H,6-7H2,1H3. The van der Waals surface area contributed by atoms with Gasteiger partial charge in [0.15, 0.2) is 0 Å². The molecule has 0 amide bonds. The molecule has 2 aromatic rings. The number of aromatic nitrogens is 2. The van der Waals surface area contributed by atoms with E-state index in [0.717, 1.165) is 41.9 Å². The Morgan fingerprint density at radius 1 is 1.24 bits per heavy atom. The molecule has 0 unspecified atom stereocenters. The molecule has 0 radical (unpaired) electrons. The number of imidazole rings is 1. The first-order chi connectivity index (χ1) is 8.34. The summed E-state index contributed by atoms with van der Waals surface area (Å²) in [5, 5.41) is 0. The quantitative estimate of drug-likeness (QED) is 0.684. The smallest absolute Gasteiger partial charge is 0.239 e. The molecule has 1 aromatic carbocycles. The van der Waals surface area contributed by atoms with Gasteiger partial charge in [-0.25, -0.2) is 9.55 Å². The zero-order valence-electron chi connectivity index (χ0n) is 9.46. The fourth-order valence-electron chi connectivity index (χ4n) is 2.42. The van der Waals surface area contributed by atoms with E-state index in [2.05, 4.69) is 25.9 Å². The largest absolute Gasteiger partial charge is 0.298 e. The number of fused-ring (bicyclic) bond motifs is 5. The number of aliphatic imine (C=N–C) groups is 2. The summed E-state index contributed by atoms with van der Waals surface area (Å²) in [5.41, 5.74) is 2.04. The summed E-state index contributed by atoms with van der Waals surface area (Å²) in [6.45, 7) is 3.74. The molecule has 2 aliphatic heterocycles. The summed E-state index contributed by atoms with van der Waals surface area (Å²) >= 11 is 0. The van der Waals surface area contributed by atoms with Crippen LogP contribution in [0, 0.1) is 0 Å². The Balaban J connectivity index is 2.12. The molecule has 3 heterocycles. The molecule has 2 aliphatic rings. The van der Waals surface area contributed by atoms with Crippen LogP contribution in [-0.2, 0) is 0 Å². The van der Waals surface area contributed by atoms with E-state index < -0.39 is 0 Å². The first-order valence-electron chi connectivity index (χ1n) is 5.70. The fraction of sp³-hybridized carbons (Fsp3) is 0.250. The Kier molecular flexibility index (Phi) is 1.54. The molecule has 0 N–H and O–H groups in total. The Bertz CT molecular complexity index is 679. The van der Waals surface area contributed by atoms with Crippen LogP contribution in [0.15, 0.2) is 34.3 Å². The molecule has 5 nitrogen and oxygen atoms in total. The highest BCUT2D eigenvalue weighted by Gasteiger charge is 2.29. The summed E-state index contributed by atoms with van der Waals surface area (Å²) in [6.07, 6.45) is 0. The normalized spacial score (nSPS) is 17.8. The van der Waals surface area contributed by atoms with Gasteiger partial charge in [0, 0.05) is 6.54 Å². The molecule has 0 spiro atoms. The Hall–Kier alpha value is -2.17. The highest BCUT2D eigenvalue weighted by Crippen LogP contribution is 2.27. The van der Waals surface area contributed by atoms with Gasteiger partial charge in [-0.05, 0) is 19.1 Å². The predicted molar refractivity (Wildman–Crippen MR) is 66.9 cm³/mol. The van der Waals surface area contributed by atoms with Gasteiger partial charge in [0.25, 0.3) is 0 Å². The Morgan fingerprint density at radius 2 is 2.12 bits per heavy atom. The Labute approximate surface area is 98.1 Å². The van der Waals surface area contributed by atoms with E-state index in [1.807, 2.05) is 29.7 Å². The fourth-order valence-corrected chi connectivity index (χ4v) is 2.42. The van der Waals surface area contributed by atoms with E-state index in [4.69, 9.17) is 0 Å². The van der Waals surface area contributed by atoms with Crippen LogP contribution < -0.4 is 0 Å². The van der Waals surface area contributed by atoms with Crippen molar-refractivity contribution in [2.24, 2.45) is 9.98 Å². The molecular formula is C12H11N5. The lowest BCUT2D eigenvalue weighted by Crippen LogP contribution is -2.39. The second-order valence-corrected chi connectivity index (χ2v) is 4.23. The minimum atomic E-state index is 0.737. The molecule has 4 rings (SSSR count). The van der Waals surface area contributed by atoms with Crippen molar-refractivity contribution >= 4 is 28.8 Å². The van der Waals surface area contributed by atoms with E-state index in [0.29, 0.717) is 0 Å². The van der Waals surface area contributed by atoms with Crippen LogP contribution in [0.1, 0.15) is 6.92 Å². The molecule has 1 aromatic heterocycles. The number of amidine groups is 1. The van der Waals surface area contributed by atoms with Gasteiger partial charge in [0.2, 0.25) is 11.9 Å². The van der Waals surface area contributed by atoms with Gasteiger partial charge in [0.05, 0.1) is 17.6 Å². The number of para-hydroxylation sites is 2. The average Bonchev–Trinajstić information content (AvgIpc) is 2.90. The van der Waals surface area contributed by atoms with Crippen molar-refractivity contribution in [3.63, 3.8) is 0 Å². The summed E-state index contributed by atoms with van der Waals surface area (Å²) in [7, 11) is 0. The van der Waals surface area contributed by atoms with Crippen molar-refractivity contribution in [1.29, 1.82) is 0 Å². The van der Waals surface area contributed by atoms with Gasteiger partial charge in [0.1, 0.15) is 5.84 Å². The first-order valence-corrected chi connectivity index (χ1v) is 5.70. The molecular weight excluding hydrogens is 214 g/mol. The number of benzene rings is 1. The monoisotopic (exact) mass is 225 g/mol. The van der Waals surface area contributed by atoms with Crippen LogP contribution in [-0.4, -0.2) is 39.3 Å². The molecule has 84 valence electrons. The highest BCUT2D eigenvalue weighted by molar-refractivity contribution is 6.08. The first kappa shape index (κ1) is 8.92. The van der Waals surface area contributed by atoms with Crippen LogP contribution in [0.4, 0.5) is 5.95 Å². The van der Waals surface area contributed by atoms with Gasteiger partial charge in [-0.15, -0.1) is 0 Å². The van der Waals surface area contributed by atoms with Gasteiger partial charge < -0.3 is 0 Å². The van der Waals surface area contributed by atoms with Crippen molar-refractivity contribution in [1.82, 2.24) is 14.5 Å². The zero-order chi connectivity index (χ0) is 11.4. The van der Waals surface area contributed by atoms with E-state index in [1.54, 1.807) is 0 Å². The lowest BCUT2D eigenvalue weighted by molar-refractivity contribution is 0.633. The third-order valence-corrected chi connectivity index (χ3v) is 3.21. The van der Waals surface area contributed by atoms with Crippen molar-refractivity contribution in [3.8, 4) is 0 Å². The summed E-state index contributed by atoms with van der Waals surface area (Å²) < 4.78 is 2.04. The third-order valence-electron chi connectivity index (χ3n) is 3.21. The van der Waals surface area contributed by atoms with E-state index >= 15 is 0 Å². The molecule has 0 fully saturated rings. The number of rotatable bonds is 0. The van der Waals surface area contributed by atoms with Gasteiger partial charge in [-0.1, -0.05) is 12.1 Å². The minimum Gasteiger partial charge on any atom is -0.298 e. The van der Waals surface area contributed by atoms with Crippen molar-refractivity contribution in [2.75, 3.05) is 13.1 Å². The summed E-state index contributed by atoms with van der Waals surface area (Å²) in [4.78, 5) is 15.8. The van der Waals surface area contributed by atoms with Crippen LogP contribution in [0.25, 0.3) is 11.0 Å².